The fourth-order valence-electron chi connectivity index (χ4n) is 2.64. The molecule has 1 heterocycles. The van der Waals surface area contributed by atoms with Crippen molar-refractivity contribution >= 4 is 5.69 Å². The molecule has 0 radical (unpaired) electrons. The van der Waals surface area contributed by atoms with E-state index in [0.29, 0.717) is 12.0 Å². The molecule has 0 aliphatic carbocycles. The largest absolute Gasteiger partial charge is 0.368 e. The van der Waals surface area contributed by atoms with Crippen LogP contribution < -0.4 is 10.2 Å². The summed E-state index contributed by atoms with van der Waals surface area (Å²) in [6.07, 6.45) is 1.19. The zero-order chi connectivity index (χ0) is 13.1. The van der Waals surface area contributed by atoms with Gasteiger partial charge in [-0.1, -0.05) is 20.3 Å². The molecular weight excluding hydrogens is 227 g/mol. The van der Waals surface area contributed by atoms with E-state index >= 15 is 0 Å². The van der Waals surface area contributed by atoms with Gasteiger partial charge in [-0.2, -0.15) is 0 Å². The van der Waals surface area contributed by atoms with Gasteiger partial charge in [0.2, 0.25) is 0 Å². The number of benzene rings is 1. The second-order valence-corrected chi connectivity index (χ2v) is 5.32. The molecule has 1 aliphatic rings. The zero-order valence-electron chi connectivity index (χ0n) is 11.5. The number of anilines is 1. The lowest BCUT2D eigenvalue weighted by atomic mass is 9.96. The highest BCUT2D eigenvalue weighted by Crippen LogP contribution is 2.23. The molecule has 2 unspecified atom stereocenters. The van der Waals surface area contributed by atoms with Crippen molar-refractivity contribution in [2.45, 2.75) is 33.2 Å². The first-order valence-electron chi connectivity index (χ1n) is 6.86. The van der Waals surface area contributed by atoms with E-state index < -0.39 is 0 Å². The van der Waals surface area contributed by atoms with Gasteiger partial charge >= 0.3 is 0 Å². The van der Waals surface area contributed by atoms with Crippen molar-refractivity contribution in [1.82, 2.24) is 5.32 Å². The van der Waals surface area contributed by atoms with Crippen LogP contribution >= 0.6 is 0 Å². The fraction of sp³-hybridized carbons (Fsp3) is 0.600. The summed E-state index contributed by atoms with van der Waals surface area (Å²) in [5, 5.41) is 3.58. The van der Waals surface area contributed by atoms with Crippen molar-refractivity contribution in [1.29, 1.82) is 0 Å². The van der Waals surface area contributed by atoms with Gasteiger partial charge in [0, 0.05) is 31.4 Å². The number of hydrogen-bond acceptors (Lipinski definition) is 2. The number of nitrogens with zero attached hydrogens (tertiary/aromatic N) is 1. The molecule has 3 heteroatoms. The van der Waals surface area contributed by atoms with Gasteiger partial charge in [0.1, 0.15) is 5.82 Å². The predicted molar refractivity (Wildman–Crippen MR) is 74.6 cm³/mol. The number of piperazine rings is 1. The molecular formula is C15H23FN2. The van der Waals surface area contributed by atoms with Gasteiger partial charge in [0.15, 0.2) is 0 Å². The molecule has 1 N–H and O–H groups in total. The summed E-state index contributed by atoms with van der Waals surface area (Å²) in [5.74, 6) is 0.526. The van der Waals surface area contributed by atoms with Gasteiger partial charge in [-0.05, 0) is 36.6 Å². The first kappa shape index (κ1) is 13.3. The van der Waals surface area contributed by atoms with E-state index in [2.05, 4.69) is 24.1 Å². The highest BCUT2D eigenvalue weighted by atomic mass is 19.1. The van der Waals surface area contributed by atoms with Crippen LogP contribution in [0.4, 0.5) is 10.1 Å². The Morgan fingerprint density at radius 1 is 1.50 bits per heavy atom. The molecule has 100 valence electrons. The summed E-state index contributed by atoms with van der Waals surface area (Å²) in [6.45, 7) is 9.53. The maximum absolute atomic E-state index is 13.1. The molecule has 0 aromatic heterocycles. The standard InChI is InChI=1S/C15H23FN2/c1-4-11(2)14-10-18(8-7-17-14)15-6-5-13(16)9-12(15)3/h5-6,9,11,14,17H,4,7-8,10H2,1-3H3. The van der Waals surface area contributed by atoms with Crippen LogP contribution in [-0.4, -0.2) is 25.7 Å². The van der Waals surface area contributed by atoms with Crippen molar-refractivity contribution in [2.24, 2.45) is 5.92 Å². The molecule has 2 nitrogen and oxygen atoms in total. The topological polar surface area (TPSA) is 15.3 Å². The molecule has 0 amide bonds. The van der Waals surface area contributed by atoms with Crippen LogP contribution in [0, 0.1) is 18.7 Å². The summed E-state index contributed by atoms with van der Waals surface area (Å²) >= 11 is 0. The Morgan fingerprint density at radius 2 is 2.28 bits per heavy atom. The van der Waals surface area contributed by atoms with Crippen LogP contribution in [0.3, 0.4) is 0 Å². The number of hydrogen-bond donors (Lipinski definition) is 1. The summed E-state index contributed by atoms with van der Waals surface area (Å²) in [5.41, 5.74) is 2.20. The molecule has 0 saturated carbocycles. The normalized spacial score (nSPS) is 22.0. The van der Waals surface area contributed by atoms with Crippen molar-refractivity contribution in [3.8, 4) is 0 Å². The third-order valence-electron chi connectivity index (χ3n) is 4.04. The van der Waals surface area contributed by atoms with E-state index in [4.69, 9.17) is 0 Å². The fourth-order valence-corrected chi connectivity index (χ4v) is 2.64. The Morgan fingerprint density at radius 3 is 2.94 bits per heavy atom. The third kappa shape index (κ3) is 2.83. The van der Waals surface area contributed by atoms with Gasteiger partial charge in [-0.15, -0.1) is 0 Å². The average Bonchev–Trinajstić information content (AvgIpc) is 2.38. The number of nitrogens with one attached hydrogen (secondary N) is 1. The Labute approximate surface area is 109 Å². The Kier molecular flexibility index (Phi) is 4.23. The smallest absolute Gasteiger partial charge is 0.123 e. The van der Waals surface area contributed by atoms with E-state index in [9.17, 15) is 4.39 Å². The van der Waals surface area contributed by atoms with E-state index in [1.165, 1.54) is 12.1 Å². The zero-order valence-corrected chi connectivity index (χ0v) is 11.5. The second kappa shape index (κ2) is 5.70. The molecule has 0 spiro atoms. The number of aryl methyl sites for hydroxylation is 1. The SMILES string of the molecule is CCC(C)C1CN(c2ccc(F)cc2C)CCN1. The highest BCUT2D eigenvalue weighted by molar-refractivity contribution is 5.53. The lowest BCUT2D eigenvalue weighted by molar-refractivity contribution is 0.341. The summed E-state index contributed by atoms with van der Waals surface area (Å²) < 4.78 is 13.1. The first-order chi connectivity index (χ1) is 8.61. The van der Waals surface area contributed by atoms with Crippen LogP contribution in [0.1, 0.15) is 25.8 Å². The Bertz CT molecular complexity index is 405. The molecule has 1 saturated heterocycles. The minimum absolute atomic E-state index is 0.148. The van der Waals surface area contributed by atoms with Gasteiger partial charge < -0.3 is 10.2 Å². The Balaban J connectivity index is 2.13. The second-order valence-electron chi connectivity index (χ2n) is 5.32. The van der Waals surface area contributed by atoms with Crippen molar-refractivity contribution in [2.75, 3.05) is 24.5 Å². The van der Waals surface area contributed by atoms with Crippen LogP contribution in [0.2, 0.25) is 0 Å². The maximum Gasteiger partial charge on any atom is 0.123 e. The first-order valence-corrected chi connectivity index (χ1v) is 6.86. The lowest BCUT2D eigenvalue weighted by Crippen LogP contribution is -2.53. The highest BCUT2D eigenvalue weighted by Gasteiger charge is 2.24. The molecule has 0 bridgehead atoms. The average molecular weight is 250 g/mol. The molecule has 1 aromatic carbocycles. The van der Waals surface area contributed by atoms with Crippen LogP contribution in [0.5, 0.6) is 0 Å². The third-order valence-corrected chi connectivity index (χ3v) is 4.04. The van der Waals surface area contributed by atoms with Gasteiger partial charge in [-0.25, -0.2) is 4.39 Å². The van der Waals surface area contributed by atoms with Crippen molar-refractivity contribution in [3.63, 3.8) is 0 Å². The summed E-state index contributed by atoms with van der Waals surface area (Å²) in [6, 6.07) is 5.62. The molecule has 1 aromatic rings. The quantitative estimate of drug-likeness (QED) is 0.887. The minimum Gasteiger partial charge on any atom is -0.368 e. The van der Waals surface area contributed by atoms with Gasteiger partial charge in [-0.3, -0.25) is 0 Å². The lowest BCUT2D eigenvalue weighted by Gasteiger charge is -2.38. The van der Waals surface area contributed by atoms with Crippen LogP contribution in [-0.2, 0) is 0 Å². The van der Waals surface area contributed by atoms with Crippen LogP contribution in [0.15, 0.2) is 18.2 Å². The molecule has 1 aliphatic heterocycles. The molecule has 18 heavy (non-hydrogen) atoms. The number of rotatable bonds is 3. The maximum atomic E-state index is 13.1. The van der Waals surface area contributed by atoms with E-state index in [-0.39, 0.29) is 5.82 Å². The summed E-state index contributed by atoms with van der Waals surface area (Å²) in [4.78, 5) is 2.38. The predicted octanol–water partition coefficient (Wildman–Crippen LogP) is 2.96. The molecule has 2 atom stereocenters. The minimum atomic E-state index is -0.148. The van der Waals surface area contributed by atoms with Crippen LogP contribution in [0.25, 0.3) is 0 Å². The van der Waals surface area contributed by atoms with E-state index in [1.807, 2.05) is 13.0 Å². The van der Waals surface area contributed by atoms with E-state index in [1.54, 1.807) is 12.1 Å². The Hall–Kier alpha value is -1.09. The monoisotopic (exact) mass is 250 g/mol. The van der Waals surface area contributed by atoms with Crippen molar-refractivity contribution < 1.29 is 4.39 Å². The molecule has 2 rings (SSSR count). The van der Waals surface area contributed by atoms with Crippen molar-refractivity contribution in [3.05, 3.63) is 29.6 Å². The van der Waals surface area contributed by atoms with Gasteiger partial charge in [0.05, 0.1) is 0 Å². The molecule has 1 fully saturated rings. The van der Waals surface area contributed by atoms with Gasteiger partial charge in [0.25, 0.3) is 0 Å². The number of halogens is 1. The summed E-state index contributed by atoms with van der Waals surface area (Å²) in [7, 11) is 0. The van der Waals surface area contributed by atoms with E-state index in [0.717, 1.165) is 25.2 Å².